The molecule has 5 aromatic heterocycles. The molecule has 0 spiro atoms. The molecule has 0 aliphatic heterocycles. The fraction of sp³-hybridized carbons (Fsp3) is 0.0435. The fourth-order valence-corrected chi connectivity index (χ4v) is 5.19. The molecular formula is C23H16FN7O2S. The summed E-state index contributed by atoms with van der Waals surface area (Å²) in [5.74, 6) is -0.347. The van der Waals surface area contributed by atoms with E-state index in [9.17, 15) is 12.8 Å². The lowest BCUT2D eigenvalue weighted by molar-refractivity contribution is 0.577. The zero-order valence-corrected chi connectivity index (χ0v) is 18.6. The first-order chi connectivity index (χ1) is 16.4. The van der Waals surface area contributed by atoms with Crippen molar-refractivity contribution in [3.05, 3.63) is 85.5 Å². The van der Waals surface area contributed by atoms with E-state index in [1.54, 1.807) is 60.7 Å². The Morgan fingerprint density at radius 2 is 1.59 bits per heavy atom. The summed E-state index contributed by atoms with van der Waals surface area (Å²) >= 11 is 0. The van der Waals surface area contributed by atoms with Gasteiger partial charge in [-0.2, -0.15) is 22.7 Å². The maximum absolute atomic E-state index is 13.7. The molecule has 1 aromatic carbocycles. The van der Waals surface area contributed by atoms with Crippen molar-refractivity contribution in [3.8, 4) is 22.3 Å². The van der Waals surface area contributed by atoms with Crippen LogP contribution in [-0.2, 0) is 17.1 Å². The van der Waals surface area contributed by atoms with Crippen LogP contribution in [0.5, 0.6) is 0 Å². The van der Waals surface area contributed by atoms with Gasteiger partial charge in [0.1, 0.15) is 22.5 Å². The topological polar surface area (TPSA) is 100.0 Å². The summed E-state index contributed by atoms with van der Waals surface area (Å²) in [7, 11) is -2.32. The van der Waals surface area contributed by atoms with E-state index in [0.29, 0.717) is 27.8 Å². The lowest BCUT2D eigenvalue weighted by Crippen LogP contribution is -2.16. The van der Waals surface area contributed by atoms with Gasteiger partial charge < -0.3 is 0 Å². The van der Waals surface area contributed by atoms with Crippen LogP contribution < -0.4 is 0 Å². The Morgan fingerprint density at radius 3 is 2.35 bits per heavy atom. The third-order valence-electron chi connectivity index (χ3n) is 5.57. The molecule has 6 aromatic rings. The van der Waals surface area contributed by atoms with Gasteiger partial charge in [-0.25, -0.2) is 9.37 Å². The second-order valence-corrected chi connectivity index (χ2v) is 9.49. The quantitative estimate of drug-likeness (QED) is 0.388. The van der Waals surface area contributed by atoms with Crippen LogP contribution in [0.4, 0.5) is 4.39 Å². The number of benzene rings is 1. The number of hydrogen-bond donors (Lipinski definition) is 0. The number of imidazole rings is 1. The van der Waals surface area contributed by atoms with E-state index in [4.69, 9.17) is 0 Å². The van der Waals surface area contributed by atoms with Crippen molar-refractivity contribution in [2.75, 3.05) is 0 Å². The summed E-state index contributed by atoms with van der Waals surface area (Å²) < 4.78 is 44.8. The van der Waals surface area contributed by atoms with E-state index in [1.807, 2.05) is 6.20 Å². The van der Waals surface area contributed by atoms with Crippen molar-refractivity contribution in [2.24, 2.45) is 7.05 Å². The van der Waals surface area contributed by atoms with Gasteiger partial charge in [0, 0.05) is 36.8 Å². The first-order valence-corrected chi connectivity index (χ1v) is 11.7. The molecule has 11 heteroatoms. The van der Waals surface area contributed by atoms with Crippen molar-refractivity contribution in [2.45, 2.75) is 5.03 Å². The van der Waals surface area contributed by atoms with Crippen molar-refractivity contribution in [1.82, 2.24) is 33.3 Å². The monoisotopic (exact) mass is 473 g/mol. The zero-order chi connectivity index (χ0) is 23.4. The van der Waals surface area contributed by atoms with Crippen LogP contribution in [0.15, 0.2) is 84.7 Å². The van der Waals surface area contributed by atoms with E-state index in [2.05, 4.69) is 20.2 Å². The molecule has 0 bridgehead atoms. The van der Waals surface area contributed by atoms with Gasteiger partial charge in [0.05, 0.1) is 18.6 Å². The minimum absolute atomic E-state index is 0.0526. The van der Waals surface area contributed by atoms with E-state index in [1.165, 1.54) is 28.9 Å². The van der Waals surface area contributed by atoms with Crippen LogP contribution in [0.1, 0.15) is 0 Å². The average Bonchev–Trinajstić information content (AvgIpc) is 3.56. The number of aryl methyl sites for hydroxylation is 1. The van der Waals surface area contributed by atoms with Crippen LogP contribution in [0.2, 0.25) is 0 Å². The second-order valence-electron chi connectivity index (χ2n) is 7.77. The van der Waals surface area contributed by atoms with E-state index < -0.39 is 10.0 Å². The number of fused-ring (bicyclic) bond motifs is 2. The summed E-state index contributed by atoms with van der Waals surface area (Å²) in [4.78, 5) is 8.62. The van der Waals surface area contributed by atoms with E-state index >= 15 is 0 Å². The Balaban J connectivity index is 1.50. The number of aromatic nitrogens is 7. The van der Waals surface area contributed by atoms with Crippen molar-refractivity contribution < 1.29 is 12.8 Å². The van der Waals surface area contributed by atoms with E-state index in [-0.39, 0.29) is 10.8 Å². The molecule has 0 unspecified atom stereocenters. The van der Waals surface area contributed by atoms with Crippen LogP contribution in [0.3, 0.4) is 0 Å². The highest BCUT2D eigenvalue weighted by Crippen LogP contribution is 2.27. The third kappa shape index (κ3) is 3.17. The molecule has 0 N–H and O–H groups in total. The normalized spacial score (nSPS) is 12.1. The Kier molecular flexibility index (Phi) is 4.36. The first-order valence-electron chi connectivity index (χ1n) is 10.2. The molecular weight excluding hydrogens is 457 g/mol. The van der Waals surface area contributed by atoms with Crippen LogP contribution in [-0.4, -0.2) is 41.8 Å². The highest BCUT2D eigenvalue weighted by atomic mass is 32.2. The molecule has 5 heterocycles. The third-order valence-corrected chi connectivity index (χ3v) is 7.14. The van der Waals surface area contributed by atoms with Crippen molar-refractivity contribution in [1.29, 1.82) is 0 Å². The van der Waals surface area contributed by atoms with Gasteiger partial charge in [0.25, 0.3) is 0 Å². The molecule has 9 nitrogen and oxygen atoms in total. The molecule has 0 aliphatic carbocycles. The molecule has 0 atom stereocenters. The molecule has 0 amide bonds. The number of pyridine rings is 2. The highest BCUT2D eigenvalue weighted by molar-refractivity contribution is 7.90. The van der Waals surface area contributed by atoms with Crippen molar-refractivity contribution >= 4 is 26.7 Å². The lowest BCUT2D eigenvalue weighted by atomic mass is 10.1. The van der Waals surface area contributed by atoms with Gasteiger partial charge in [-0.3, -0.25) is 14.1 Å². The molecule has 6 rings (SSSR count). The van der Waals surface area contributed by atoms with Crippen LogP contribution >= 0.6 is 0 Å². The summed E-state index contributed by atoms with van der Waals surface area (Å²) in [5.41, 5.74) is 4.22. The second kappa shape index (κ2) is 7.32. The summed E-state index contributed by atoms with van der Waals surface area (Å²) in [5, 5.41) is 8.23. The van der Waals surface area contributed by atoms with Gasteiger partial charge >= 0.3 is 10.0 Å². The van der Waals surface area contributed by atoms with Gasteiger partial charge in [-0.1, -0.05) is 12.1 Å². The molecule has 168 valence electrons. The molecule has 0 saturated carbocycles. The minimum atomic E-state index is -4.12. The number of halogens is 1. The highest BCUT2D eigenvalue weighted by Gasteiger charge is 2.25. The average molecular weight is 473 g/mol. The first kappa shape index (κ1) is 20.2. The zero-order valence-electron chi connectivity index (χ0n) is 17.7. The maximum Gasteiger partial charge on any atom is 0.301 e. The maximum atomic E-state index is 13.7. The minimum Gasteiger partial charge on any atom is -0.288 e. The standard InChI is InChI=1S/C23H16FN7O2S/c1-29-13-18(10-27-29)17-8-21-20(25-9-17)11-28-31(21)34(32,33)23-12-26-22-7-4-16(14-30(22)23)15-2-5-19(24)6-3-15/h2-14H,1H3. The Morgan fingerprint density at radius 1 is 0.794 bits per heavy atom. The summed E-state index contributed by atoms with van der Waals surface area (Å²) in [6.45, 7) is 0. The van der Waals surface area contributed by atoms with E-state index in [0.717, 1.165) is 15.2 Å². The smallest absolute Gasteiger partial charge is 0.288 e. The number of nitrogens with zero attached hydrogens (tertiary/aromatic N) is 7. The van der Waals surface area contributed by atoms with Gasteiger partial charge in [-0.05, 0) is 41.5 Å². The number of rotatable bonds is 4. The lowest BCUT2D eigenvalue weighted by Gasteiger charge is -2.08. The number of hydrogen-bond acceptors (Lipinski definition) is 6. The van der Waals surface area contributed by atoms with Crippen molar-refractivity contribution in [3.63, 3.8) is 0 Å². The molecule has 0 radical (unpaired) electrons. The predicted octanol–water partition coefficient (Wildman–Crippen LogP) is 3.52. The van der Waals surface area contributed by atoms with Crippen LogP contribution in [0, 0.1) is 5.82 Å². The summed E-state index contributed by atoms with van der Waals surface area (Å²) in [6.07, 6.45) is 9.52. The fourth-order valence-electron chi connectivity index (χ4n) is 3.86. The van der Waals surface area contributed by atoms with Gasteiger partial charge in [-0.15, -0.1) is 0 Å². The largest absolute Gasteiger partial charge is 0.301 e. The van der Waals surface area contributed by atoms with Gasteiger partial charge in [0.15, 0.2) is 5.03 Å². The Hall–Kier alpha value is -4.38. The molecule has 34 heavy (non-hydrogen) atoms. The van der Waals surface area contributed by atoms with Gasteiger partial charge in [0.2, 0.25) is 0 Å². The Labute approximate surface area is 192 Å². The summed E-state index contributed by atoms with van der Waals surface area (Å²) in [6, 6.07) is 11.2. The predicted molar refractivity (Wildman–Crippen MR) is 123 cm³/mol. The van der Waals surface area contributed by atoms with Crippen LogP contribution in [0.25, 0.3) is 38.9 Å². The molecule has 0 aliphatic rings. The molecule has 0 fully saturated rings. The Bertz CT molecular complexity index is 1800. The molecule has 0 saturated heterocycles. The SMILES string of the molecule is Cn1cc(-c2cnc3cnn(S(=O)(=O)c4cnc5ccc(-c6ccc(F)cc6)cn45)c3c2)cn1.